The van der Waals surface area contributed by atoms with E-state index in [2.05, 4.69) is 10.3 Å². The third kappa shape index (κ3) is 2.28. The fourth-order valence-corrected chi connectivity index (χ4v) is 4.24. The Bertz CT molecular complexity index is 830. The van der Waals surface area contributed by atoms with Gasteiger partial charge in [0, 0.05) is 13.6 Å². The molecule has 8 nitrogen and oxygen atoms in total. The number of aryl methyl sites for hydroxylation is 1. The van der Waals surface area contributed by atoms with Gasteiger partial charge in [-0.1, -0.05) is 29.5 Å². The summed E-state index contributed by atoms with van der Waals surface area (Å²) in [6, 6.07) is 6.48. The minimum Gasteiger partial charge on any atom is -0.368 e. The van der Waals surface area contributed by atoms with Gasteiger partial charge in [-0.3, -0.25) is 4.79 Å². The molecule has 0 unspecified atom stereocenters. The zero-order chi connectivity index (χ0) is 15.9. The van der Waals surface area contributed by atoms with Crippen molar-refractivity contribution in [1.82, 2.24) is 19.3 Å². The summed E-state index contributed by atoms with van der Waals surface area (Å²) in [5.41, 5.74) is 7.21. The minimum absolute atomic E-state index is 0.0712. The number of primary amides is 1. The van der Waals surface area contributed by atoms with Crippen LogP contribution in [0.15, 0.2) is 35.5 Å². The van der Waals surface area contributed by atoms with Crippen LogP contribution in [0.25, 0.3) is 0 Å². The number of amides is 1. The topological polar surface area (TPSA) is 111 Å². The van der Waals surface area contributed by atoms with Gasteiger partial charge >= 0.3 is 0 Å². The maximum absolute atomic E-state index is 12.8. The lowest BCUT2D eigenvalue weighted by Crippen LogP contribution is -2.51. The lowest BCUT2D eigenvalue weighted by Gasteiger charge is -2.33. The number of hydrogen-bond donors (Lipinski definition) is 1. The molecule has 1 aliphatic heterocycles. The van der Waals surface area contributed by atoms with Gasteiger partial charge in [-0.15, -0.1) is 5.10 Å². The van der Waals surface area contributed by atoms with Gasteiger partial charge in [0.2, 0.25) is 5.91 Å². The average Bonchev–Trinajstić information content (AvgIpc) is 2.92. The molecule has 0 radical (unpaired) electrons. The van der Waals surface area contributed by atoms with E-state index >= 15 is 0 Å². The minimum atomic E-state index is -3.92. The molecule has 3 rings (SSSR count). The van der Waals surface area contributed by atoms with Crippen LogP contribution in [-0.2, 0) is 34.8 Å². The van der Waals surface area contributed by atoms with Crippen LogP contribution >= 0.6 is 0 Å². The van der Waals surface area contributed by atoms with Crippen molar-refractivity contribution in [2.24, 2.45) is 12.8 Å². The van der Waals surface area contributed by atoms with Crippen LogP contribution in [0.2, 0.25) is 0 Å². The van der Waals surface area contributed by atoms with Gasteiger partial charge in [0.15, 0.2) is 5.03 Å². The zero-order valence-electron chi connectivity index (χ0n) is 11.9. The standard InChI is InChI=1S/C13H15N5O3S/c1-17-12(7-15-16-17)22(20,21)18-8-10-5-3-2-4-9(10)6-11(18)13(14)19/h2-5,7,11H,6,8H2,1H3,(H2,14,19)/t11-/m0/s1. The molecule has 0 spiro atoms. The third-order valence-electron chi connectivity index (χ3n) is 3.78. The van der Waals surface area contributed by atoms with E-state index in [1.165, 1.54) is 7.05 Å². The van der Waals surface area contributed by atoms with Crippen molar-refractivity contribution in [3.8, 4) is 0 Å². The van der Waals surface area contributed by atoms with Crippen LogP contribution in [0.4, 0.5) is 0 Å². The molecule has 116 valence electrons. The van der Waals surface area contributed by atoms with E-state index in [0.717, 1.165) is 26.3 Å². The molecule has 9 heteroatoms. The van der Waals surface area contributed by atoms with E-state index in [9.17, 15) is 13.2 Å². The number of fused-ring (bicyclic) bond motifs is 1. The Morgan fingerprint density at radius 1 is 1.32 bits per heavy atom. The molecule has 1 aliphatic rings. The van der Waals surface area contributed by atoms with E-state index in [4.69, 9.17) is 5.73 Å². The van der Waals surface area contributed by atoms with Gasteiger partial charge in [0.1, 0.15) is 6.04 Å². The molecule has 0 saturated heterocycles. The highest BCUT2D eigenvalue weighted by Crippen LogP contribution is 2.28. The molecule has 0 aliphatic carbocycles. The molecule has 1 amide bonds. The predicted molar refractivity (Wildman–Crippen MR) is 76.9 cm³/mol. The van der Waals surface area contributed by atoms with E-state index in [1.807, 2.05) is 24.3 Å². The van der Waals surface area contributed by atoms with Gasteiger partial charge in [0.25, 0.3) is 10.0 Å². The number of rotatable bonds is 3. The number of sulfonamides is 1. The van der Waals surface area contributed by atoms with Crippen LogP contribution in [0.3, 0.4) is 0 Å². The van der Waals surface area contributed by atoms with Gasteiger partial charge in [-0.2, -0.15) is 4.31 Å². The van der Waals surface area contributed by atoms with Gasteiger partial charge in [-0.05, 0) is 17.5 Å². The molecular formula is C13H15N5O3S. The first-order chi connectivity index (χ1) is 10.4. The largest absolute Gasteiger partial charge is 0.368 e. The number of nitrogens with two attached hydrogens (primary N) is 1. The SMILES string of the molecule is Cn1nncc1S(=O)(=O)N1Cc2ccccc2C[C@H]1C(N)=O. The van der Waals surface area contributed by atoms with Crippen molar-refractivity contribution in [1.29, 1.82) is 0 Å². The predicted octanol–water partition coefficient (Wildman–Crippen LogP) is -0.584. The fourth-order valence-electron chi connectivity index (χ4n) is 2.63. The Kier molecular flexibility index (Phi) is 3.45. The molecule has 0 fully saturated rings. The Morgan fingerprint density at radius 2 is 2.00 bits per heavy atom. The Hall–Kier alpha value is -2.26. The molecule has 0 bridgehead atoms. The van der Waals surface area contributed by atoms with Crippen LogP contribution in [0.1, 0.15) is 11.1 Å². The number of hydrogen-bond acceptors (Lipinski definition) is 5. The van der Waals surface area contributed by atoms with Crippen LogP contribution in [0.5, 0.6) is 0 Å². The Balaban J connectivity index is 2.08. The lowest BCUT2D eigenvalue weighted by molar-refractivity contribution is -0.122. The lowest BCUT2D eigenvalue weighted by atomic mass is 9.96. The highest BCUT2D eigenvalue weighted by atomic mass is 32.2. The van der Waals surface area contributed by atoms with Crippen molar-refractivity contribution in [2.75, 3.05) is 0 Å². The maximum Gasteiger partial charge on any atom is 0.262 e. The van der Waals surface area contributed by atoms with Crippen molar-refractivity contribution in [2.45, 2.75) is 24.0 Å². The first-order valence-electron chi connectivity index (χ1n) is 6.64. The molecule has 1 atom stereocenters. The summed E-state index contributed by atoms with van der Waals surface area (Å²) in [6.45, 7) is 0.0945. The summed E-state index contributed by atoms with van der Waals surface area (Å²) in [4.78, 5) is 11.8. The normalized spacial score (nSPS) is 18.9. The second-order valence-corrected chi connectivity index (χ2v) is 6.97. The van der Waals surface area contributed by atoms with Crippen LogP contribution < -0.4 is 5.73 Å². The Labute approximate surface area is 127 Å². The average molecular weight is 321 g/mol. The zero-order valence-corrected chi connectivity index (χ0v) is 12.7. The van der Waals surface area contributed by atoms with Gasteiger partial charge in [-0.25, -0.2) is 13.1 Å². The second-order valence-electron chi connectivity index (χ2n) is 5.14. The van der Waals surface area contributed by atoms with E-state index in [1.54, 1.807) is 0 Å². The molecular weight excluding hydrogens is 306 g/mol. The second kappa shape index (κ2) is 5.18. The molecule has 22 heavy (non-hydrogen) atoms. The molecule has 0 saturated carbocycles. The highest BCUT2D eigenvalue weighted by molar-refractivity contribution is 7.89. The maximum atomic E-state index is 12.8. The number of nitrogens with zero attached hydrogens (tertiary/aromatic N) is 4. The third-order valence-corrected chi connectivity index (χ3v) is 5.68. The van der Waals surface area contributed by atoms with Crippen molar-refractivity contribution < 1.29 is 13.2 Å². The molecule has 2 N–H and O–H groups in total. The summed E-state index contributed by atoms with van der Waals surface area (Å²) >= 11 is 0. The van der Waals surface area contributed by atoms with Gasteiger partial charge < -0.3 is 5.73 Å². The first-order valence-corrected chi connectivity index (χ1v) is 8.08. The van der Waals surface area contributed by atoms with Crippen LogP contribution in [-0.4, -0.2) is 39.7 Å². The van der Waals surface area contributed by atoms with Gasteiger partial charge in [0.05, 0.1) is 6.20 Å². The highest BCUT2D eigenvalue weighted by Gasteiger charge is 2.40. The number of aromatic nitrogens is 3. The summed E-state index contributed by atoms with van der Waals surface area (Å²) in [5.74, 6) is -0.673. The fraction of sp³-hybridized carbons (Fsp3) is 0.308. The summed E-state index contributed by atoms with van der Waals surface area (Å²) < 4.78 is 27.9. The van der Waals surface area contributed by atoms with E-state index < -0.39 is 22.0 Å². The number of carbonyl (C=O) groups excluding carboxylic acids is 1. The number of benzene rings is 1. The van der Waals surface area contributed by atoms with Crippen LogP contribution in [0, 0.1) is 0 Å². The van der Waals surface area contributed by atoms with Crippen molar-refractivity contribution in [3.05, 3.63) is 41.6 Å². The first kappa shape index (κ1) is 14.7. The van der Waals surface area contributed by atoms with Crippen molar-refractivity contribution in [3.63, 3.8) is 0 Å². The number of carbonyl (C=O) groups is 1. The van der Waals surface area contributed by atoms with Crippen molar-refractivity contribution >= 4 is 15.9 Å². The molecule has 1 aromatic heterocycles. The summed E-state index contributed by atoms with van der Waals surface area (Å²) in [5, 5.41) is 7.15. The monoisotopic (exact) mass is 321 g/mol. The molecule has 2 aromatic rings. The molecule has 1 aromatic carbocycles. The Morgan fingerprint density at radius 3 is 2.59 bits per heavy atom. The smallest absolute Gasteiger partial charge is 0.262 e. The summed E-state index contributed by atoms with van der Waals surface area (Å²) in [6.07, 6.45) is 1.42. The quantitative estimate of drug-likeness (QED) is 0.812. The van der Waals surface area contributed by atoms with E-state index in [-0.39, 0.29) is 18.0 Å². The summed E-state index contributed by atoms with van der Waals surface area (Å²) in [7, 11) is -2.43. The molecule has 2 heterocycles. The van der Waals surface area contributed by atoms with E-state index in [0.29, 0.717) is 0 Å².